The predicted octanol–water partition coefficient (Wildman–Crippen LogP) is 5.26. The molecular formula is C29H31N5O3S. The molecular weight excluding hydrogens is 498 g/mol. The van der Waals surface area contributed by atoms with Crippen molar-refractivity contribution in [3.8, 4) is 11.5 Å². The third kappa shape index (κ3) is 4.93. The number of esters is 1. The molecule has 2 aromatic heterocycles. The Morgan fingerprint density at radius 3 is 2.55 bits per heavy atom. The number of nitrogens with one attached hydrogen (secondary N) is 1. The predicted molar refractivity (Wildman–Crippen MR) is 148 cm³/mol. The van der Waals surface area contributed by atoms with Gasteiger partial charge in [0, 0.05) is 23.2 Å². The zero-order chi connectivity index (χ0) is 26.6. The number of nitrogens with zero attached hydrogens (tertiary/aromatic N) is 4. The van der Waals surface area contributed by atoms with Crippen molar-refractivity contribution in [1.29, 1.82) is 0 Å². The van der Waals surface area contributed by atoms with Crippen molar-refractivity contribution < 1.29 is 14.3 Å². The van der Waals surface area contributed by atoms with Gasteiger partial charge in [-0.15, -0.1) is 11.8 Å². The number of ether oxygens (including phenoxy) is 1. The molecule has 1 aliphatic rings. The average molecular weight is 530 g/mol. The highest BCUT2D eigenvalue weighted by atomic mass is 32.2. The van der Waals surface area contributed by atoms with Gasteiger partial charge in [0.25, 0.3) is 0 Å². The molecule has 1 atom stereocenters. The summed E-state index contributed by atoms with van der Waals surface area (Å²) in [4.78, 5) is 28.6. The standard InChI is InChI=1S/C29H31N5O3S/c1-4-37-26(35)16-17-30-29(36)33-19-24-20(2)31-34(22-9-6-5-7-10-22)28(24)32-18-8-11-25(32)27(33)21-12-14-23(38-3)15-13-21/h5-15,18,27H,4,16-17,19H2,1-3H3,(H,30,36)/t27-/m0/s1. The number of para-hydroxylation sites is 1. The van der Waals surface area contributed by atoms with Crippen molar-refractivity contribution in [2.45, 2.75) is 37.8 Å². The lowest BCUT2D eigenvalue weighted by Gasteiger charge is -2.31. The van der Waals surface area contributed by atoms with Gasteiger partial charge in [-0.3, -0.25) is 4.79 Å². The fraction of sp³-hybridized carbons (Fsp3) is 0.276. The Morgan fingerprint density at radius 2 is 1.84 bits per heavy atom. The minimum Gasteiger partial charge on any atom is -0.466 e. The molecule has 0 aliphatic carbocycles. The smallest absolute Gasteiger partial charge is 0.318 e. The van der Waals surface area contributed by atoms with E-state index in [-0.39, 0.29) is 31.0 Å². The summed E-state index contributed by atoms with van der Waals surface area (Å²) in [6.07, 6.45) is 4.19. The first-order valence-electron chi connectivity index (χ1n) is 12.7. The number of aromatic nitrogens is 3. The van der Waals surface area contributed by atoms with Gasteiger partial charge in [0.2, 0.25) is 0 Å². The number of fused-ring (bicyclic) bond motifs is 3. The summed E-state index contributed by atoms with van der Waals surface area (Å²) in [5, 5.41) is 7.83. The summed E-state index contributed by atoms with van der Waals surface area (Å²) in [7, 11) is 0. The van der Waals surface area contributed by atoms with Gasteiger partial charge in [0.15, 0.2) is 0 Å². The fourth-order valence-electron chi connectivity index (χ4n) is 4.89. The molecule has 2 aromatic carbocycles. The van der Waals surface area contributed by atoms with Crippen LogP contribution < -0.4 is 5.32 Å². The Hall–Kier alpha value is -3.98. The third-order valence-corrected chi connectivity index (χ3v) is 7.43. The first kappa shape index (κ1) is 25.7. The van der Waals surface area contributed by atoms with Gasteiger partial charge in [0.1, 0.15) is 5.82 Å². The molecule has 0 saturated carbocycles. The Labute approximate surface area is 226 Å². The van der Waals surface area contributed by atoms with Gasteiger partial charge < -0.3 is 19.5 Å². The first-order chi connectivity index (χ1) is 18.5. The summed E-state index contributed by atoms with van der Waals surface area (Å²) in [6.45, 7) is 4.62. The monoisotopic (exact) mass is 529 g/mol. The van der Waals surface area contributed by atoms with Gasteiger partial charge in [-0.05, 0) is 62.1 Å². The van der Waals surface area contributed by atoms with Crippen molar-refractivity contribution in [3.05, 3.63) is 95.4 Å². The van der Waals surface area contributed by atoms with E-state index < -0.39 is 0 Å². The van der Waals surface area contributed by atoms with Crippen molar-refractivity contribution in [2.75, 3.05) is 19.4 Å². The lowest BCUT2D eigenvalue weighted by atomic mass is 10.0. The van der Waals surface area contributed by atoms with Gasteiger partial charge in [-0.2, -0.15) is 5.10 Å². The van der Waals surface area contributed by atoms with Crippen molar-refractivity contribution in [3.63, 3.8) is 0 Å². The zero-order valence-electron chi connectivity index (χ0n) is 21.8. The molecule has 9 heteroatoms. The Kier molecular flexibility index (Phi) is 7.55. The fourth-order valence-corrected chi connectivity index (χ4v) is 5.30. The van der Waals surface area contributed by atoms with E-state index in [1.54, 1.807) is 18.7 Å². The largest absolute Gasteiger partial charge is 0.466 e. The summed E-state index contributed by atoms with van der Waals surface area (Å²) < 4.78 is 9.11. The van der Waals surface area contributed by atoms with Crippen LogP contribution in [0.15, 0.2) is 77.8 Å². The SMILES string of the molecule is CCOC(=O)CCNC(=O)N1Cc2c(C)nn(-c3ccccc3)c2-n2cccc2[C@@H]1c1ccc(SC)cc1. The van der Waals surface area contributed by atoms with E-state index in [0.717, 1.165) is 38.9 Å². The number of rotatable bonds is 7. The average Bonchev–Trinajstić information content (AvgIpc) is 3.50. The van der Waals surface area contributed by atoms with Crippen LogP contribution in [0, 0.1) is 6.92 Å². The van der Waals surface area contributed by atoms with Crippen LogP contribution in [0.4, 0.5) is 4.79 Å². The molecule has 0 fully saturated rings. The lowest BCUT2D eigenvalue weighted by Crippen LogP contribution is -2.42. The molecule has 1 N–H and O–H groups in total. The van der Waals surface area contributed by atoms with Gasteiger partial charge in [0.05, 0.1) is 42.7 Å². The highest BCUT2D eigenvalue weighted by Crippen LogP contribution is 2.38. The number of urea groups is 1. The van der Waals surface area contributed by atoms with E-state index in [1.807, 2.05) is 65.4 Å². The quantitative estimate of drug-likeness (QED) is 0.261. The minimum atomic E-state index is -0.348. The molecule has 4 aromatic rings. The van der Waals surface area contributed by atoms with E-state index in [4.69, 9.17) is 9.84 Å². The third-order valence-electron chi connectivity index (χ3n) is 6.69. The van der Waals surface area contributed by atoms with Crippen LogP contribution >= 0.6 is 11.8 Å². The molecule has 0 saturated heterocycles. The molecule has 0 spiro atoms. The van der Waals surface area contributed by atoms with Crippen molar-refractivity contribution in [1.82, 2.24) is 24.6 Å². The van der Waals surface area contributed by atoms with E-state index in [0.29, 0.717) is 13.2 Å². The molecule has 3 heterocycles. The molecule has 1 aliphatic heterocycles. The summed E-state index contributed by atoms with van der Waals surface area (Å²) in [5.74, 6) is 0.588. The maximum atomic E-state index is 13.7. The number of hydrogen-bond donors (Lipinski definition) is 1. The summed E-state index contributed by atoms with van der Waals surface area (Å²) in [6, 6.07) is 21.8. The maximum Gasteiger partial charge on any atom is 0.318 e. The molecule has 8 nitrogen and oxygen atoms in total. The number of carbonyl (C=O) groups is 2. The summed E-state index contributed by atoms with van der Waals surface area (Å²) in [5.41, 5.74) is 4.73. The molecule has 0 bridgehead atoms. The lowest BCUT2D eigenvalue weighted by molar-refractivity contribution is -0.142. The van der Waals surface area contributed by atoms with Crippen LogP contribution in [0.25, 0.3) is 11.5 Å². The van der Waals surface area contributed by atoms with E-state index in [1.165, 1.54) is 0 Å². The minimum absolute atomic E-state index is 0.118. The Morgan fingerprint density at radius 1 is 1.08 bits per heavy atom. The second kappa shape index (κ2) is 11.2. The first-order valence-corrected chi connectivity index (χ1v) is 13.9. The van der Waals surface area contributed by atoms with Crippen LogP contribution in [0.1, 0.15) is 41.9 Å². The number of benzene rings is 2. The van der Waals surface area contributed by atoms with Crippen LogP contribution in [-0.2, 0) is 16.1 Å². The van der Waals surface area contributed by atoms with E-state index in [9.17, 15) is 9.59 Å². The molecule has 2 amide bonds. The highest BCUT2D eigenvalue weighted by Gasteiger charge is 2.35. The van der Waals surface area contributed by atoms with Gasteiger partial charge in [-0.1, -0.05) is 30.3 Å². The molecule has 196 valence electrons. The second-order valence-corrected chi connectivity index (χ2v) is 9.91. The van der Waals surface area contributed by atoms with Crippen molar-refractivity contribution >= 4 is 23.8 Å². The summed E-state index contributed by atoms with van der Waals surface area (Å²) >= 11 is 1.68. The molecule has 5 rings (SSSR count). The highest BCUT2D eigenvalue weighted by molar-refractivity contribution is 7.98. The number of hydrogen-bond acceptors (Lipinski definition) is 5. The Balaban J connectivity index is 1.60. The Bertz CT molecular complexity index is 1430. The number of aryl methyl sites for hydroxylation is 1. The van der Waals surface area contributed by atoms with Gasteiger partial charge >= 0.3 is 12.0 Å². The van der Waals surface area contributed by atoms with Gasteiger partial charge in [-0.25, -0.2) is 9.48 Å². The molecule has 0 radical (unpaired) electrons. The normalized spacial score (nSPS) is 14.4. The molecule has 0 unspecified atom stereocenters. The maximum absolute atomic E-state index is 13.7. The van der Waals surface area contributed by atoms with E-state index in [2.05, 4.69) is 40.2 Å². The number of carbonyl (C=O) groups excluding carboxylic acids is 2. The van der Waals surface area contributed by atoms with Crippen molar-refractivity contribution in [2.24, 2.45) is 0 Å². The van der Waals surface area contributed by atoms with Crippen LogP contribution in [-0.4, -0.2) is 50.7 Å². The van der Waals surface area contributed by atoms with Crippen LogP contribution in [0.2, 0.25) is 0 Å². The topological polar surface area (TPSA) is 81.4 Å². The molecule has 38 heavy (non-hydrogen) atoms. The van der Waals surface area contributed by atoms with Crippen LogP contribution in [0.5, 0.6) is 0 Å². The second-order valence-electron chi connectivity index (χ2n) is 9.03. The zero-order valence-corrected chi connectivity index (χ0v) is 22.6. The van der Waals surface area contributed by atoms with Crippen LogP contribution in [0.3, 0.4) is 0 Å². The number of thioether (sulfide) groups is 1. The van der Waals surface area contributed by atoms with E-state index >= 15 is 0 Å². The number of amides is 2.